The van der Waals surface area contributed by atoms with Crippen molar-refractivity contribution in [2.24, 2.45) is 4.99 Å². The van der Waals surface area contributed by atoms with E-state index in [9.17, 15) is 4.79 Å². The molecule has 2 fully saturated rings. The van der Waals surface area contributed by atoms with Crippen molar-refractivity contribution in [3.05, 3.63) is 60.1 Å². The molecule has 2 heterocycles. The number of benzene rings is 1. The molecular formula is C22H29IN4O2. The summed E-state index contributed by atoms with van der Waals surface area (Å²) in [6, 6.07) is 14.3. The Hall–Kier alpha value is -2.03. The van der Waals surface area contributed by atoms with E-state index < -0.39 is 0 Å². The molecule has 0 radical (unpaired) electrons. The van der Waals surface area contributed by atoms with Crippen molar-refractivity contribution >= 4 is 35.8 Å². The second-order valence-corrected chi connectivity index (χ2v) is 7.66. The number of halogens is 1. The summed E-state index contributed by atoms with van der Waals surface area (Å²) >= 11 is 0. The first kappa shape index (κ1) is 21.7. The van der Waals surface area contributed by atoms with Gasteiger partial charge >= 0.3 is 0 Å². The Balaban J connectivity index is 0.00000240. The molecule has 2 aromatic rings. The van der Waals surface area contributed by atoms with Crippen LogP contribution in [0.4, 0.5) is 0 Å². The highest BCUT2D eigenvalue weighted by molar-refractivity contribution is 14.0. The lowest BCUT2D eigenvalue weighted by Gasteiger charge is -2.44. The summed E-state index contributed by atoms with van der Waals surface area (Å²) in [4.78, 5) is 21.0. The molecule has 1 aromatic heterocycles. The molecule has 4 rings (SSSR count). The quantitative estimate of drug-likeness (QED) is 0.391. The minimum absolute atomic E-state index is 0. The third-order valence-electron chi connectivity index (χ3n) is 6.09. The molecule has 1 aliphatic heterocycles. The highest BCUT2D eigenvalue weighted by atomic mass is 127. The zero-order chi connectivity index (χ0) is 19.4. The Morgan fingerprint density at radius 1 is 1.07 bits per heavy atom. The van der Waals surface area contributed by atoms with E-state index in [2.05, 4.69) is 45.5 Å². The van der Waals surface area contributed by atoms with Gasteiger partial charge in [0.05, 0.1) is 6.26 Å². The number of carbonyl (C=O) groups is 1. The molecule has 0 unspecified atom stereocenters. The van der Waals surface area contributed by atoms with Crippen LogP contribution < -0.4 is 5.32 Å². The predicted molar refractivity (Wildman–Crippen MR) is 125 cm³/mol. The first-order chi connectivity index (χ1) is 13.7. The Labute approximate surface area is 189 Å². The van der Waals surface area contributed by atoms with Crippen LogP contribution in [0.1, 0.15) is 35.4 Å². The smallest absolute Gasteiger partial charge is 0.289 e. The third-order valence-corrected chi connectivity index (χ3v) is 6.09. The summed E-state index contributed by atoms with van der Waals surface area (Å²) in [5, 5.41) is 3.61. The van der Waals surface area contributed by atoms with Gasteiger partial charge < -0.3 is 19.5 Å². The largest absolute Gasteiger partial charge is 0.459 e. The average molecular weight is 508 g/mol. The molecule has 156 valence electrons. The van der Waals surface area contributed by atoms with E-state index in [-0.39, 0.29) is 35.3 Å². The van der Waals surface area contributed by atoms with Gasteiger partial charge in [-0.3, -0.25) is 9.79 Å². The van der Waals surface area contributed by atoms with Crippen LogP contribution in [0.5, 0.6) is 0 Å². The number of hydrogen-bond acceptors (Lipinski definition) is 3. The predicted octanol–water partition coefficient (Wildman–Crippen LogP) is 3.35. The number of amides is 1. The molecule has 7 heteroatoms. The van der Waals surface area contributed by atoms with E-state index in [4.69, 9.17) is 4.42 Å². The Bertz CT molecular complexity index is 811. The van der Waals surface area contributed by atoms with Crippen molar-refractivity contribution in [1.82, 2.24) is 15.1 Å². The van der Waals surface area contributed by atoms with Gasteiger partial charge in [-0.2, -0.15) is 0 Å². The minimum Gasteiger partial charge on any atom is -0.459 e. The van der Waals surface area contributed by atoms with Gasteiger partial charge in [-0.25, -0.2) is 0 Å². The molecule has 29 heavy (non-hydrogen) atoms. The number of aliphatic imine (C=N–C) groups is 1. The van der Waals surface area contributed by atoms with Crippen molar-refractivity contribution < 1.29 is 9.21 Å². The Kier molecular flexibility index (Phi) is 7.21. The minimum atomic E-state index is -0.0369. The third kappa shape index (κ3) is 4.60. The van der Waals surface area contributed by atoms with Crippen molar-refractivity contribution in [2.75, 3.05) is 39.8 Å². The van der Waals surface area contributed by atoms with Crippen molar-refractivity contribution in [1.29, 1.82) is 0 Å². The summed E-state index contributed by atoms with van der Waals surface area (Å²) in [7, 11) is 1.83. The van der Waals surface area contributed by atoms with E-state index in [1.165, 1.54) is 31.1 Å². The Morgan fingerprint density at radius 2 is 1.76 bits per heavy atom. The molecule has 2 aliphatic rings. The lowest BCUT2D eigenvalue weighted by molar-refractivity contribution is 0.0657. The zero-order valence-electron chi connectivity index (χ0n) is 16.8. The normalized spacial score (nSPS) is 18.6. The molecular weight excluding hydrogens is 479 g/mol. The highest BCUT2D eigenvalue weighted by Gasteiger charge is 2.39. The van der Waals surface area contributed by atoms with Crippen LogP contribution in [0.15, 0.2) is 58.1 Å². The number of nitrogens with zero attached hydrogens (tertiary/aromatic N) is 3. The molecule has 0 spiro atoms. The molecule has 1 aliphatic carbocycles. The van der Waals surface area contributed by atoms with Gasteiger partial charge in [-0.15, -0.1) is 24.0 Å². The van der Waals surface area contributed by atoms with Crippen molar-refractivity contribution in [3.8, 4) is 0 Å². The van der Waals surface area contributed by atoms with Crippen LogP contribution in [0.25, 0.3) is 0 Å². The molecule has 0 atom stereocenters. The number of rotatable bonds is 4. The van der Waals surface area contributed by atoms with E-state index in [1.54, 1.807) is 12.1 Å². The van der Waals surface area contributed by atoms with E-state index >= 15 is 0 Å². The lowest BCUT2D eigenvalue weighted by atomic mass is 9.64. The van der Waals surface area contributed by atoms with Gasteiger partial charge in [0.1, 0.15) is 0 Å². The monoisotopic (exact) mass is 508 g/mol. The number of nitrogens with one attached hydrogen (secondary N) is 1. The lowest BCUT2D eigenvalue weighted by Crippen LogP contribution is -2.56. The second-order valence-electron chi connectivity index (χ2n) is 7.66. The standard InChI is InChI=1S/C22H28N4O2.HI/c1-23-21(24-17-22(10-6-11-22)18-7-3-2-4-8-18)26-14-12-25(13-15-26)20(27)19-9-5-16-28-19;/h2-5,7-9,16H,6,10-15,17H2,1H3,(H,23,24);1H. The van der Waals surface area contributed by atoms with E-state index in [0.29, 0.717) is 18.8 Å². The molecule has 1 amide bonds. The second kappa shape index (κ2) is 9.65. The number of piperazine rings is 1. The maximum atomic E-state index is 12.4. The summed E-state index contributed by atoms with van der Waals surface area (Å²) in [6.07, 6.45) is 5.25. The molecule has 1 N–H and O–H groups in total. The fourth-order valence-corrected chi connectivity index (χ4v) is 4.22. The van der Waals surface area contributed by atoms with Crippen LogP contribution in [0.3, 0.4) is 0 Å². The van der Waals surface area contributed by atoms with Gasteiger partial charge in [0, 0.05) is 45.2 Å². The highest BCUT2D eigenvalue weighted by Crippen LogP contribution is 2.43. The summed E-state index contributed by atoms with van der Waals surface area (Å²) in [6.45, 7) is 3.78. The number of carbonyl (C=O) groups excluding carboxylic acids is 1. The topological polar surface area (TPSA) is 61.1 Å². The zero-order valence-corrected chi connectivity index (χ0v) is 19.2. The van der Waals surface area contributed by atoms with Gasteiger partial charge in [-0.1, -0.05) is 36.8 Å². The maximum absolute atomic E-state index is 12.4. The fourth-order valence-electron chi connectivity index (χ4n) is 4.22. The van der Waals surface area contributed by atoms with Gasteiger partial charge in [-0.05, 0) is 30.5 Å². The fraction of sp³-hybridized carbons (Fsp3) is 0.455. The van der Waals surface area contributed by atoms with Crippen LogP contribution in [-0.2, 0) is 5.41 Å². The number of furan rings is 1. The van der Waals surface area contributed by atoms with E-state index in [1.807, 2.05) is 11.9 Å². The van der Waals surface area contributed by atoms with E-state index in [0.717, 1.165) is 25.6 Å². The van der Waals surface area contributed by atoms with Crippen LogP contribution in [-0.4, -0.2) is 61.4 Å². The molecule has 1 saturated heterocycles. The number of guanidine groups is 1. The maximum Gasteiger partial charge on any atom is 0.289 e. The average Bonchev–Trinajstić information content (AvgIpc) is 3.25. The van der Waals surface area contributed by atoms with Crippen LogP contribution >= 0.6 is 24.0 Å². The van der Waals surface area contributed by atoms with Crippen LogP contribution in [0.2, 0.25) is 0 Å². The summed E-state index contributed by atoms with van der Waals surface area (Å²) in [5.41, 5.74) is 1.63. The molecule has 1 aromatic carbocycles. The van der Waals surface area contributed by atoms with Gasteiger partial charge in [0.15, 0.2) is 11.7 Å². The molecule has 0 bridgehead atoms. The summed E-state index contributed by atoms with van der Waals surface area (Å²) in [5.74, 6) is 1.29. The molecule has 1 saturated carbocycles. The first-order valence-corrected chi connectivity index (χ1v) is 10.1. The SMILES string of the molecule is CN=C(NCC1(c2ccccc2)CCC1)N1CCN(C(=O)c2ccco2)CC1.I. The summed E-state index contributed by atoms with van der Waals surface area (Å²) < 4.78 is 5.24. The van der Waals surface area contributed by atoms with Crippen LogP contribution in [0, 0.1) is 0 Å². The van der Waals surface area contributed by atoms with Gasteiger partial charge in [0.25, 0.3) is 5.91 Å². The number of hydrogen-bond donors (Lipinski definition) is 1. The van der Waals surface area contributed by atoms with Crippen molar-refractivity contribution in [2.45, 2.75) is 24.7 Å². The molecule has 6 nitrogen and oxygen atoms in total. The first-order valence-electron chi connectivity index (χ1n) is 10.1. The Morgan fingerprint density at radius 3 is 2.31 bits per heavy atom. The van der Waals surface area contributed by atoms with Gasteiger partial charge in [0.2, 0.25) is 0 Å². The van der Waals surface area contributed by atoms with Crippen molar-refractivity contribution in [3.63, 3.8) is 0 Å².